The summed E-state index contributed by atoms with van der Waals surface area (Å²) in [5.41, 5.74) is 2.01. The Balaban J connectivity index is 5.05. The van der Waals surface area contributed by atoms with Crippen LogP contribution in [0.1, 0.15) is 120 Å². The van der Waals surface area contributed by atoms with Crippen LogP contribution in [-0.2, 0) is 0 Å². The van der Waals surface area contributed by atoms with E-state index in [0.717, 1.165) is 23.7 Å². The van der Waals surface area contributed by atoms with E-state index in [-0.39, 0.29) is 0 Å². The van der Waals surface area contributed by atoms with Crippen LogP contribution in [0.15, 0.2) is 11.6 Å². The molecular weight excluding hydrogens is 300 g/mol. The lowest BCUT2D eigenvalue weighted by molar-refractivity contribution is 0.218. The minimum atomic E-state index is 0.374. The van der Waals surface area contributed by atoms with Gasteiger partial charge in [0.1, 0.15) is 0 Å². The molecule has 0 fully saturated rings. The molecule has 0 aliphatic heterocycles. The van der Waals surface area contributed by atoms with Gasteiger partial charge in [0, 0.05) is 0 Å². The van der Waals surface area contributed by atoms with Gasteiger partial charge >= 0.3 is 0 Å². The lowest BCUT2D eigenvalue weighted by Gasteiger charge is -2.35. The summed E-state index contributed by atoms with van der Waals surface area (Å²) >= 11 is 0. The van der Waals surface area contributed by atoms with Crippen molar-refractivity contribution in [3.8, 4) is 0 Å². The van der Waals surface area contributed by atoms with E-state index in [1.807, 2.05) is 0 Å². The van der Waals surface area contributed by atoms with Gasteiger partial charge in [0.25, 0.3) is 0 Å². The van der Waals surface area contributed by atoms with E-state index in [9.17, 15) is 0 Å². The molecule has 0 aliphatic carbocycles. The number of hydrogen-bond donors (Lipinski definition) is 0. The Bertz CT molecular complexity index is 351. The Hall–Kier alpha value is -0.260. The molecule has 0 aliphatic rings. The van der Waals surface area contributed by atoms with Crippen LogP contribution >= 0.6 is 0 Å². The molecule has 0 heteroatoms. The quantitative estimate of drug-likeness (QED) is 0.216. The summed E-state index contributed by atoms with van der Waals surface area (Å²) in [5.74, 6) is 3.21. The van der Waals surface area contributed by atoms with Crippen LogP contribution in [-0.4, -0.2) is 0 Å². The fourth-order valence-electron chi connectivity index (χ4n) is 3.76. The molecule has 4 atom stereocenters. The normalized spacial score (nSPS) is 18.9. The molecule has 4 unspecified atom stereocenters. The lowest BCUT2D eigenvalue weighted by atomic mass is 9.70. The smallest absolute Gasteiger partial charge is 0.0118 e. The lowest BCUT2D eigenvalue weighted by Crippen LogP contribution is -2.25. The van der Waals surface area contributed by atoms with Crippen molar-refractivity contribution >= 4 is 0 Å². The molecule has 0 bridgehead atoms. The summed E-state index contributed by atoms with van der Waals surface area (Å²) in [5, 5.41) is 0. The average Bonchev–Trinajstić information content (AvgIpc) is 2.56. The Kier molecular flexibility index (Phi) is 12.9. The fraction of sp³-hybridized carbons (Fsp3) is 0.920. The Morgan fingerprint density at radius 3 is 2.04 bits per heavy atom. The van der Waals surface area contributed by atoms with Crippen molar-refractivity contribution in [2.75, 3.05) is 0 Å². The van der Waals surface area contributed by atoms with Gasteiger partial charge < -0.3 is 0 Å². The third-order valence-electron chi connectivity index (χ3n) is 6.75. The Morgan fingerprint density at radius 1 is 0.880 bits per heavy atom. The SMILES string of the molecule is CCCCCC(C)(C=C(C)C(C)CCC(C)C)C(C)CCC(C)CC. The topological polar surface area (TPSA) is 0 Å². The third kappa shape index (κ3) is 10.5. The highest BCUT2D eigenvalue weighted by Crippen LogP contribution is 2.40. The predicted molar refractivity (Wildman–Crippen MR) is 117 cm³/mol. The van der Waals surface area contributed by atoms with Crippen molar-refractivity contribution in [2.45, 2.75) is 120 Å². The molecular formula is C25H50. The number of allylic oxidation sites excluding steroid dienone is 2. The minimum Gasteiger partial charge on any atom is -0.0791 e. The van der Waals surface area contributed by atoms with Crippen LogP contribution in [0.4, 0.5) is 0 Å². The van der Waals surface area contributed by atoms with Crippen molar-refractivity contribution in [3.63, 3.8) is 0 Å². The second kappa shape index (κ2) is 13.0. The van der Waals surface area contributed by atoms with Gasteiger partial charge in [-0.25, -0.2) is 0 Å². The molecule has 0 heterocycles. The van der Waals surface area contributed by atoms with Gasteiger partial charge in [0.15, 0.2) is 0 Å². The molecule has 0 aromatic rings. The van der Waals surface area contributed by atoms with Crippen molar-refractivity contribution in [1.82, 2.24) is 0 Å². The molecule has 0 aromatic carbocycles. The molecule has 150 valence electrons. The third-order valence-corrected chi connectivity index (χ3v) is 6.75. The Labute approximate surface area is 161 Å². The maximum absolute atomic E-state index is 2.69. The van der Waals surface area contributed by atoms with E-state index in [2.05, 4.69) is 68.4 Å². The van der Waals surface area contributed by atoms with Crippen molar-refractivity contribution in [3.05, 3.63) is 11.6 Å². The van der Waals surface area contributed by atoms with E-state index in [4.69, 9.17) is 0 Å². The average molecular weight is 351 g/mol. The van der Waals surface area contributed by atoms with Crippen molar-refractivity contribution in [1.29, 1.82) is 0 Å². The molecule has 0 N–H and O–H groups in total. The summed E-state index contributed by atoms with van der Waals surface area (Å²) in [6, 6.07) is 0. The van der Waals surface area contributed by atoms with E-state index in [1.54, 1.807) is 5.57 Å². The predicted octanol–water partition coefficient (Wildman–Crippen LogP) is 9.05. The fourth-order valence-corrected chi connectivity index (χ4v) is 3.76. The highest BCUT2D eigenvalue weighted by atomic mass is 14.3. The van der Waals surface area contributed by atoms with Crippen LogP contribution in [0.5, 0.6) is 0 Å². The van der Waals surface area contributed by atoms with Crippen LogP contribution in [0.25, 0.3) is 0 Å². The van der Waals surface area contributed by atoms with E-state index >= 15 is 0 Å². The first-order valence-electron chi connectivity index (χ1n) is 11.4. The summed E-state index contributed by atoms with van der Waals surface area (Å²) in [4.78, 5) is 0. The van der Waals surface area contributed by atoms with Gasteiger partial charge in [-0.2, -0.15) is 0 Å². The van der Waals surface area contributed by atoms with E-state index < -0.39 is 0 Å². The van der Waals surface area contributed by atoms with Gasteiger partial charge in [-0.15, -0.1) is 0 Å². The summed E-state index contributed by atoms with van der Waals surface area (Å²) in [6.45, 7) is 21.6. The minimum absolute atomic E-state index is 0.374. The highest BCUT2D eigenvalue weighted by molar-refractivity contribution is 5.10. The molecule has 25 heavy (non-hydrogen) atoms. The van der Waals surface area contributed by atoms with Gasteiger partial charge in [-0.3, -0.25) is 0 Å². The molecule has 0 saturated heterocycles. The highest BCUT2D eigenvalue weighted by Gasteiger charge is 2.29. The zero-order chi connectivity index (χ0) is 19.5. The first kappa shape index (κ1) is 24.7. The zero-order valence-corrected chi connectivity index (χ0v) is 19.3. The standard InChI is InChI=1S/C25H50/c1-10-12-13-18-25(9,24(8)17-15-21(5)11-2)19-23(7)22(6)16-14-20(3)4/h19-22,24H,10-18H2,1-9H3. The number of unbranched alkanes of at least 4 members (excludes halogenated alkanes) is 2. The van der Waals surface area contributed by atoms with Gasteiger partial charge in [-0.05, 0) is 55.3 Å². The first-order valence-corrected chi connectivity index (χ1v) is 11.4. The summed E-state index contributed by atoms with van der Waals surface area (Å²) < 4.78 is 0. The number of rotatable bonds is 14. The van der Waals surface area contributed by atoms with Crippen LogP contribution in [0.3, 0.4) is 0 Å². The zero-order valence-electron chi connectivity index (χ0n) is 19.3. The molecule has 0 amide bonds. The van der Waals surface area contributed by atoms with Crippen LogP contribution in [0.2, 0.25) is 0 Å². The molecule has 0 spiro atoms. The second-order valence-corrected chi connectivity index (χ2v) is 9.72. The van der Waals surface area contributed by atoms with Crippen molar-refractivity contribution < 1.29 is 0 Å². The maximum Gasteiger partial charge on any atom is -0.0118 e. The molecule has 0 rings (SSSR count). The molecule has 0 nitrogen and oxygen atoms in total. The van der Waals surface area contributed by atoms with E-state index in [1.165, 1.54) is 57.8 Å². The monoisotopic (exact) mass is 350 g/mol. The first-order chi connectivity index (χ1) is 11.7. The van der Waals surface area contributed by atoms with Gasteiger partial charge in [-0.1, -0.05) is 106 Å². The number of hydrogen-bond acceptors (Lipinski definition) is 0. The van der Waals surface area contributed by atoms with Crippen LogP contribution in [0, 0.1) is 29.1 Å². The van der Waals surface area contributed by atoms with Crippen molar-refractivity contribution in [2.24, 2.45) is 29.1 Å². The maximum atomic E-state index is 2.69. The largest absolute Gasteiger partial charge is 0.0791 e. The second-order valence-electron chi connectivity index (χ2n) is 9.72. The van der Waals surface area contributed by atoms with Gasteiger partial charge in [0.2, 0.25) is 0 Å². The summed E-state index contributed by atoms with van der Waals surface area (Å²) in [7, 11) is 0. The van der Waals surface area contributed by atoms with E-state index in [0.29, 0.717) is 5.41 Å². The molecule has 0 aromatic heterocycles. The molecule has 0 radical (unpaired) electrons. The van der Waals surface area contributed by atoms with Crippen LogP contribution < -0.4 is 0 Å². The molecule has 0 saturated carbocycles. The summed E-state index contributed by atoms with van der Waals surface area (Å²) in [6.07, 6.45) is 14.9. The van der Waals surface area contributed by atoms with Gasteiger partial charge in [0.05, 0.1) is 0 Å². The Morgan fingerprint density at radius 2 is 1.52 bits per heavy atom.